The van der Waals surface area contributed by atoms with Crippen LogP contribution >= 0.6 is 0 Å². The lowest BCUT2D eigenvalue weighted by Crippen LogP contribution is -2.41. The van der Waals surface area contributed by atoms with Crippen LogP contribution in [0.5, 0.6) is 0 Å². The van der Waals surface area contributed by atoms with E-state index in [2.05, 4.69) is 10.2 Å². The molecule has 0 bridgehead atoms. The number of hydrogen-bond donors (Lipinski definition) is 1. The molecular formula is C17H21N3O4. The van der Waals surface area contributed by atoms with Crippen molar-refractivity contribution >= 4 is 11.8 Å². The summed E-state index contributed by atoms with van der Waals surface area (Å²) < 4.78 is 10.4. The highest BCUT2D eigenvalue weighted by Gasteiger charge is 2.20. The van der Waals surface area contributed by atoms with Crippen LogP contribution in [0.15, 0.2) is 45.6 Å². The summed E-state index contributed by atoms with van der Waals surface area (Å²) in [6, 6.07) is 7.04. The van der Waals surface area contributed by atoms with Gasteiger partial charge in [-0.3, -0.25) is 14.5 Å². The minimum atomic E-state index is -0.373. The van der Waals surface area contributed by atoms with Gasteiger partial charge in [0, 0.05) is 26.2 Å². The molecule has 0 spiro atoms. The topological polar surface area (TPSA) is 78.9 Å². The molecule has 3 rings (SSSR count). The Morgan fingerprint density at radius 3 is 2.62 bits per heavy atom. The van der Waals surface area contributed by atoms with E-state index in [4.69, 9.17) is 8.83 Å². The molecule has 128 valence electrons. The highest BCUT2D eigenvalue weighted by molar-refractivity contribution is 5.94. The summed E-state index contributed by atoms with van der Waals surface area (Å²) in [5.41, 5.74) is 0. The average molecular weight is 331 g/mol. The molecule has 0 unspecified atom stereocenters. The summed E-state index contributed by atoms with van der Waals surface area (Å²) in [6.45, 7) is 3.80. The minimum absolute atomic E-state index is 0.0162. The Morgan fingerprint density at radius 1 is 1.04 bits per heavy atom. The number of nitrogens with one attached hydrogen (secondary N) is 1. The molecule has 2 amide bonds. The SMILES string of the molecule is O=C(NCC(=O)N1CCCN(Cc2ccco2)CC1)c1ccco1. The normalized spacial score (nSPS) is 15.9. The van der Waals surface area contributed by atoms with Gasteiger partial charge in [0.25, 0.3) is 5.91 Å². The Morgan fingerprint density at radius 2 is 1.88 bits per heavy atom. The quantitative estimate of drug-likeness (QED) is 0.894. The van der Waals surface area contributed by atoms with Gasteiger partial charge in [0.1, 0.15) is 5.76 Å². The van der Waals surface area contributed by atoms with Crippen LogP contribution in [0.2, 0.25) is 0 Å². The van der Waals surface area contributed by atoms with E-state index in [0.717, 1.165) is 31.8 Å². The van der Waals surface area contributed by atoms with Crippen LogP contribution in [-0.2, 0) is 11.3 Å². The van der Waals surface area contributed by atoms with E-state index in [1.165, 1.54) is 6.26 Å². The van der Waals surface area contributed by atoms with Gasteiger partial charge in [0.2, 0.25) is 5.91 Å². The molecule has 0 aliphatic carbocycles. The lowest BCUT2D eigenvalue weighted by Gasteiger charge is -2.21. The van der Waals surface area contributed by atoms with Crippen molar-refractivity contribution in [2.45, 2.75) is 13.0 Å². The van der Waals surface area contributed by atoms with E-state index in [-0.39, 0.29) is 24.1 Å². The van der Waals surface area contributed by atoms with E-state index in [1.807, 2.05) is 12.1 Å². The van der Waals surface area contributed by atoms with E-state index < -0.39 is 0 Å². The summed E-state index contributed by atoms with van der Waals surface area (Å²) in [6.07, 6.45) is 4.00. The second kappa shape index (κ2) is 7.83. The largest absolute Gasteiger partial charge is 0.468 e. The monoisotopic (exact) mass is 331 g/mol. The summed E-state index contributed by atoms with van der Waals surface area (Å²) in [4.78, 5) is 28.2. The van der Waals surface area contributed by atoms with Crippen molar-refractivity contribution in [1.29, 1.82) is 0 Å². The fourth-order valence-electron chi connectivity index (χ4n) is 2.76. The van der Waals surface area contributed by atoms with Crippen molar-refractivity contribution in [2.75, 3.05) is 32.7 Å². The van der Waals surface area contributed by atoms with E-state index in [1.54, 1.807) is 23.3 Å². The molecule has 0 radical (unpaired) electrons. The fourth-order valence-corrected chi connectivity index (χ4v) is 2.76. The van der Waals surface area contributed by atoms with Crippen molar-refractivity contribution in [2.24, 2.45) is 0 Å². The number of nitrogens with zero attached hydrogens (tertiary/aromatic N) is 2. The van der Waals surface area contributed by atoms with Gasteiger partial charge in [0.15, 0.2) is 5.76 Å². The molecule has 1 aliphatic rings. The maximum atomic E-state index is 12.3. The predicted molar refractivity (Wildman–Crippen MR) is 86.2 cm³/mol. The molecule has 1 saturated heterocycles. The Kier molecular flexibility index (Phi) is 5.32. The molecule has 2 aromatic heterocycles. The molecule has 3 heterocycles. The van der Waals surface area contributed by atoms with Gasteiger partial charge < -0.3 is 19.1 Å². The van der Waals surface area contributed by atoms with Gasteiger partial charge in [-0.1, -0.05) is 0 Å². The van der Waals surface area contributed by atoms with Gasteiger partial charge >= 0.3 is 0 Å². The van der Waals surface area contributed by atoms with Gasteiger partial charge in [0.05, 0.1) is 25.6 Å². The number of hydrogen-bond acceptors (Lipinski definition) is 5. The van der Waals surface area contributed by atoms with Gasteiger partial charge in [-0.2, -0.15) is 0 Å². The van der Waals surface area contributed by atoms with Crippen molar-refractivity contribution in [1.82, 2.24) is 15.1 Å². The number of carbonyl (C=O) groups excluding carboxylic acids is 2. The van der Waals surface area contributed by atoms with Crippen molar-refractivity contribution in [3.8, 4) is 0 Å². The zero-order chi connectivity index (χ0) is 16.8. The van der Waals surface area contributed by atoms with Crippen LogP contribution in [0, 0.1) is 0 Å². The Hall–Kier alpha value is -2.54. The zero-order valence-corrected chi connectivity index (χ0v) is 13.4. The molecule has 7 nitrogen and oxygen atoms in total. The highest BCUT2D eigenvalue weighted by Crippen LogP contribution is 2.09. The highest BCUT2D eigenvalue weighted by atomic mass is 16.3. The first-order valence-electron chi connectivity index (χ1n) is 8.06. The molecule has 24 heavy (non-hydrogen) atoms. The average Bonchev–Trinajstić information content (AvgIpc) is 3.24. The van der Waals surface area contributed by atoms with Crippen molar-refractivity contribution in [3.63, 3.8) is 0 Å². The second-order valence-electron chi connectivity index (χ2n) is 5.75. The zero-order valence-electron chi connectivity index (χ0n) is 13.4. The van der Waals surface area contributed by atoms with Crippen LogP contribution in [0.1, 0.15) is 22.7 Å². The third-order valence-electron chi connectivity index (χ3n) is 4.05. The van der Waals surface area contributed by atoms with E-state index in [0.29, 0.717) is 13.1 Å². The standard InChI is InChI=1S/C17H21N3O4/c21-16(12-18-17(22)15-5-2-11-24-15)20-7-3-6-19(8-9-20)13-14-4-1-10-23-14/h1-2,4-5,10-11H,3,6-9,12-13H2,(H,18,22). The Bertz CT molecular complexity index is 651. The number of rotatable bonds is 5. The van der Waals surface area contributed by atoms with Crippen LogP contribution in [0.4, 0.5) is 0 Å². The third-order valence-corrected chi connectivity index (χ3v) is 4.05. The summed E-state index contributed by atoms with van der Waals surface area (Å²) in [7, 11) is 0. The van der Waals surface area contributed by atoms with Crippen molar-refractivity contribution < 1.29 is 18.4 Å². The molecule has 0 atom stereocenters. The third kappa shape index (κ3) is 4.26. The number of furan rings is 2. The first-order chi connectivity index (χ1) is 11.7. The number of carbonyl (C=O) groups is 2. The van der Waals surface area contributed by atoms with E-state index >= 15 is 0 Å². The second-order valence-corrected chi connectivity index (χ2v) is 5.75. The molecular weight excluding hydrogens is 310 g/mol. The lowest BCUT2D eigenvalue weighted by atomic mass is 10.3. The minimum Gasteiger partial charge on any atom is -0.468 e. The van der Waals surface area contributed by atoms with Gasteiger partial charge in [-0.05, 0) is 30.7 Å². The maximum absolute atomic E-state index is 12.3. The maximum Gasteiger partial charge on any atom is 0.287 e. The molecule has 1 fully saturated rings. The first-order valence-corrected chi connectivity index (χ1v) is 8.06. The smallest absolute Gasteiger partial charge is 0.287 e. The molecule has 1 aliphatic heterocycles. The fraction of sp³-hybridized carbons (Fsp3) is 0.412. The van der Waals surface area contributed by atoms with Crippen LogP contribution < -0.4 is 5.32 Å². The molecule has 0 saturated carbocycles. The van der Waals surface area contributed by atoms with Gasteiger partial charge in [-0.25, -0.2) is 0 Å². The summed E-state index contributed by atoms with van der Waals surface area (Å²) in [5.74, 6) is 0.696. The van der Waals surface area contributed by atoms with Crippen molar-refractivity contribution in [3.05, 3.63) is 48.3 Å². The van der Waals surface area contributed by atoms with Crippen LogP contribution in [0.25, 0.3) is 0 Å². The number of amides is 2. The molecule has 2 aromatic rings. The lowest BCUT2D eigenvalue weighted by molar-refractivity contribution is -0.130. The molecule has 0 aromatic carbocycles. The molecule has 1 N–H and O–H groups in total. The molecule has 7 heteroatoms. The first kappa shape index (κ1) is 16.3. The predicted octanol–water partition coefficient (Wildman–Crippen LogP) is 1.34. The van der Waals surface area contributed by atoms with Gasteiger partial charge in [-0.15, -0.1) is 0 Å². The Balaban J connectivity index is 1.45. The van der Waals surface area contributed by atoms with E-state index in [9.17, 15) is 9.59 Å². The summed E-state index contributed by atoms with van der Waals surface area (Å²) in [5, 5.41) is 2.60. The Labute approximate surface area is 140 Å². The summed E-state index contributed by atoms with van der Waals surface area (Å²) >= 11 is 0. The van der Waals surface area contributed by atoms with Crippen LogP contribution in [-0.4, -0.2) is 54.3 Å². The van der Waals surface area contributed by atoms with Crippen LogP contribution in [0.3, 0.4) is 0 Å².